The third-order valence-corrected chi connectivity index (χ3v) is 1.71. The maximum absolute atomic E-state index is 10.1. The van der Waals surface area contributed by atoms with Crippen molar-refractivity contribution in [3.05, 3.63) is 0 Å². The lowest BCUT2D eigenvalue weighted by Crippen LogP contribution is -2.23. The van der Waals surface area contributed by atoms with E-state index in [1.54, 1.807) is 41.5 Å². The molecule has 0 rings (SSSR count). The maximum Gasteiger partial charge on any atom is 0.540 e. The van der Waals surface area contributed by atoms with E-state index in [4.69, 9.17) is 20.0 Å². The summed E-state index contributed by atoms with van der Waals surface area (Å²) < 4.78 is 19.0. The highest BCUT2D eigenvalue weighted by Crippen LogP contribution is 2.07. The Kier molecular flexibility index (Phi) is 18.9. The lowest BCUT2D eigenvalue weighted by atomic mass is 10.2. The summed E-state index contributed by atoms with van der Waals surface area (Å²) in [5.41, 5.74) is -1.22. The van der Waals surface area contributed by atoms with Crippen LogP contribution in [0.3, 0.4) is 0 Å². The zero-order chi connectivity index (χ0) is 21.2. The average Bonchev–Trinajstić information content (AvgIpc) is 2.49. The van der Waals surface area contributed by atoms with Gasteiger partial charge in [0.05, 0.1) is 13.2 Å². The smallest absolute Gasteiger partial charge is 0.427 e. The van der Waals surface area contributed by atoms with E-state index in [1.165, 1.54) is 0 Å². The minimum absolute atomic E-state index is 0.611. The molecule has 0 aliphatic heterocycles. The normalized spacial score (nSPS) is 10.4. The van der Waals surface area contributed by atoms with Gasteiger partial charge in [-0.25, -0.2) is 9.59 Å². The SMILES string of the molecule is CC(C)(C)OC(=O)OO.CC(C)(C)OC(=O)OO.CCOCCOCC. The van der Waals surface area contributed by atoms with E-state index >= 15 is 0 Å². The van der Waals surface area contributed by atoms with Gasteiger partial charge in [-0.05, 0) is 55.4 Å². The molecule has 10 heteroatoms. The first-order valence-electron chi connectivity index (χ1n) is 8.07. The predicted octanol–water partition coefficient (Wildman–Crippen LogP) is 3.88. The second kappa shape index (κ2) is 16.8. The van der Waals surface area contributed by atoms with Crippen molar-refractivity contribution in [3.63, 3.8) is 0 Å². The average molecular weight is 386 g/mol. The fourth-order valence-corrected chi connectivity index (χ4v) is 0.944. The number of carbonyl (C=O) groups excluding carboxylic acids is 2. The largest absolute Gasteiger partial charge is 0.540 e. The highest BCUT2D eigenvalue weighted by atomic mass is 17.2. The molecule has 0 spiro atoms. The topological polar surface area (TPSA) is 130 Å². The van der Waals surface area contributed by atoms with Crippen LogP contribution in [0.5, 0.6) is 0 Å². The van der Waals surface area contributed by atoms with Crippen LogP contribution in [0.1, 0.15) is 55.4 Å². The molecule has 0 aromatic heterocycles. The van der Waals surface area contributed by atoms with Crippen molar-refractivity contribution < 1.29 is 48.8 Å². The molecule has 10 nitrogen and oxygen atoms in total. The van der Waals surface area contributed by atoms with Gasteiger partial charge in [0.15, 0.2) is 0 Å². The molecule has 26 heavy (non-hydrogen) atoms. The molecule has 0 saturated carbocycles. The van der Waals surface area contributed by atoms with Crippen molar-refractivity contribution >= 4 is 12.3 Å². The Hall–Kier alpha value is -1.62. The first kappa shape index (κ1) is 29.2. The molecule has 0 aromatic rings. The van der Waals surface area contributed by atoms with Gasteiger partial charge in [-0.3, -0.25) is 9.78 Å². The van der Waals surface area contributed by atoms with Gasteiger partial charge in [0.1, 0.15) is 11.2 Å². The fraction of sp³-hybridized carbons (Fsp3) is 0.875. The Morgan fingerprint density at radius 1 is 0.692 bits per heavy atom. The van der Waals surface area contributed by atoms with Gasteiger partial charge in [-0.1, -0.05) is 0 Å². The van der Waals surface area contributed by atoms with Crippen LogP contribution in [-0.2, 0) is 28.7 Å². The quantitative estimate of drug-likeness (QED) is 0.310. The summed E-state index contributed by atoms with van der Waals surface area (Å²) in [7, 11) is 0. The van der Waals surface area contributed by atoms with Crippen molar-refractivity contribution in [1.29, 1.82) is 0 Å². The molecule has 0 unspecified atom stereocenters. The predicted molar refractivity (Wildman–Crippen MR) is 92.9 cm³/mol. The van der Waals surface area contributed by atoms with Crippen LogP contribution in [0.25, 0.3) is 0 Å². The third-order valence-electron chi connectivity index (χ3n) is 1.71. The molecule has 0 aromatic carbocycles. The molecule has 0 aliphatic rings. The number of ether oxygens (including phenoxy) is 4. The molecular weight excluding hydrogens is 352 g/mol. The lowest BCUT2D eigenvalue weighted by molar-refractivity contribution is -0.210. The van der Waals surface area contributed by atoms with E-state index in [-0.39, 0.29) is 0 Å². The molecule has 0 saturated heterocycles. The standard InChI is InChI=1S/C6H14O2.2C5H10O4/c1-3-7-5-6-8-4-2;2*1-5(2,3)8-4(6)9-7/h3-6H2,1-2H3;2*7H,1-3H3. The number of carbonyl (C=O) groups is 2. The number of hydrogen-bond acceptors (Lipinski definition) is 10. The van der Waals surface area contributed by atoms with Crippen LogP contribution in [0.2, 0.25) is 0 Å². The zero-order valence-corrected chi connectivity index (χ0v) is 17.0. The van der Waals surface area contributed by atoms with Crippen LogP contribution in [0, 0.1) is 0 Å². The maximum atomic E-state index is 10.1. The second-order valence-electron chi connectivity index (χ2n) is 6.51. The minimum atomic E-state index is -1.08. The molecule has 0 atom stereocenters. The highest BCUT2D eigenvalue weighted by Gasteiger charge is 2.17. The van der Waals surface area contributed by atoms with Crippen molar-refractivity contribution in [3.8, 4) is 0 Å². The Morgan fingerprint density at radius 2 is 0.962 bits per heavy atom. The molecule has 2 N–H and O–H groups in total. The summed E-state index contributed by atoms with van der Waals surface area (Å²) in [6, 6.07) is 0. The molecular formula is C16H34O10. The van der Waals surface area contributed by atoms with Crippen LogP contribution < -0.4 is 0 Å². The summed E-state index contributed by atoms with van der Waals surface area (Å²) in [6.07, 6.45) is -2.16. The van der Waals surface area contributed by atoms with Crippen molar-refractivity contribution in [2.45, 2.75) is 66.6 Å². The number of rotatable bonds is 5. The second-order valence-corrected chi connectivity index (χ2v) is 6.51. The molecule has 158 valence electrons. The summed E-state index contributed by atoms with van der Waals surface area (Å²) in [5, 5.41) is 15.4. The summed E-state index contributed by atoms with van der Waals surface area (Å²) >= 11 is 0. The zero-order valence-electron chi connectivity index (χ0n) is 17.0. The first-order chi connectivity index (χ1) is 11.8. The Morgan fingerprint density at radius 3 is 1.08 bits per heavy atom. The third kappa shape index (κ3) is 33.9. The van der Waals surface area contributed by atoms with Crippen molar-refractivity contribution in [1.82, 2.24) is 0 Å². The van der Waals surface area contributed by atoms with Gasteiger partial charge >= 0.3 is 12.3 Å². The van der Waals surface area contributed by atoms with Crippen molar-refractivity contribution in [2.75, 3.05) is 26.4 Å². The van der Waals surface area contributed by atoms with Crippen LogP contribution in [-0.4, -0.2) is 60.5 Å². The molecule has 0 amide bonds. The van der Waals surface area contributed by atoms with Crippen LogP contribution in [0.4, 0.5) is 9.59 Å². The minimum Gasteiger partial charge on any atom is -0.427 e. The molecule has 0 heterocycles. The monoisotopic (exact) mass is 386 g/mol. The van der Waals surface area contributed by atoms with Gasteiger partial charge in [-0.15, -0.1) is 0 Å². The number of hydrogen-bond donors (Lipinski definition) is 2. The van der Waals surface area contributed by atoms with Gasteiger partial charge in [0.25, 0.3) is 0 Å². The van der Waals surface area contributed by atoms with Crippen LogP contribution in [0.15, 0.2) is 0 Å². The molecule has 0 fully saturated rings. The summed E-state index contributed by atoms with van der Waals surface area (Å²) in [4.78, 5) is 26.8. The van der Waals surface area contributed by atoms with E-state index in [1.807, 2.05) is 13.8 Å². The summed E-state index contributed by atoms with van der Waals surface area (Å²) in [5.74, 6) is 0. The van der Waals surface area contributed by atoms with Gasteiger partial charge in [0.2, 0.25) is 0 Å². The van der Waals surface area contributed by atoms with E-state index < -0.39 is 23.5 Å². The summed E-state index contributed by atoms with van der Waals surface area (Å²) in [6.45, 7) is 17.0. The Bertz CT molecular complexity index is 310. The Balaban J connectivity index is -0.000000306. The van der Waals surface area contributed by atoms with Gasteiger partial charge in [0, 0.05) is 13.2 Å². The van der Waals surface area contributed by atoms with E-state index in [9.17, 15) is 9.59 Å². The highest BCUT2D eigenvalue weighted by molar-refractivity contribution is 5.59. The van der Waals surface area contributed by atoms with Crippen molar-refractivity contribution in [2.24, 2.45) is 0 Å². The Labute approximate surface area is 155 Å². The molecule has 0 aliphatic carbocycles. The van der Waals surface area contributed by atoms with E-state index in [2.05, 4.69) is 19.2 Å². The lowest BCUT2D eigenvalue weighted by Gasteiger charge is -2.16. The van der Waals surface area contributed by atoms with Gasteiger partial charge < -0.3 is 18.9 Å². The van der Waals surface area contributed by atoms with E-state index in [0.29, 0.717) is 0 Å². The van der Waals surface area contributed by atoms with Crippen LogP contribution >= 0.6 is 0 Å². The first-order valence-corrected chi connectivity index (χ1v) is 8.07. The molecule has 0 radical (unpaired) electrons. The van der Waals surface area contributed by atoms with E-state index in [0.717, 1.165) is 26.4 Å². The van der Waals surface area contributed by atoms with Gasteiger partial charge in [-0.2, -0.15) is 10.5 Å². The molecule has 0 bridgehead atoms. The fourth-order valence-electron chi connectivity index (χ4n) is 0.944.